The normalized spacial score (nSPS) is 20.4. The molecule has 3 aromatic rings. The molecular formula is C24H22ClN3O2. The van der Waals surface area contributed by atoms with Gasteiger partial charge in [0.15, 0.2) is 0 Å². The first-order valence-corrected chi connectivity index (χ1v) is 10.6. The maximum Gasteiger partial charge on any atom is 0.251 e. The van der Waals surface area contributed by atoms with Crippen molar-refractivity contribution in [3.05, 3.63) is 71.8 Å². The third-order valence-electron chi connectivity index (χ3n) is 6.08. The predicted octanol–water partition coefficient (Wildman–Crippen LogP) is 3.95. The summed E-state index contributed by atoms with van der Waals surface area (Å²) in [5, 5.41) is 2.67. The molecule has 30 heavy (non-hydrogen) atoms. The Morgan fingerprint density at radius 2 is 1.50 bits per heavy atom. The SMILES string of the molecule is O=C1C[C@H](N2CCN(c3ccc(Cl)cc3)CC2)C(=O)N1c1cccc2ccccc12. The van der Waals surface area contributed by atoms with E-state index in [1.54, 1.807) is 0 Å². The van der Waals surface area contributed by atoms with E-state index in [0.29, 0.717) is 5.69 Å². The standard InChI is InChI=1S/C24H22ClN3O2/c25-18-8-10-19(11-9-18)26-12-14-27(15-13-26)22-16-23(29)28(24(22)30)21-7-3-5-17-4-1-2-6-20(17)21/h1-11,22H,12-16H2/t22-/m0/s1. The average molecular weight is 420 g/mol. The van der Waals surface area contributed by atoms with Gasteiger partial charge >= 0.3 is 0 Å². The summed E-state index contributed by atoms with van der Waals surface area (Å²) < 4.78 is 0. The molecule has 152 valence electrons. The molecule has 5 rings (SSSR count). The molecule has 0 saturated carbocycles. The Morgan fingerprint density at radius 3 is 2.27 bits per heavy atom. The minimum Gasteiger partial charge on any atom is -0.369 e. The number of piperazine rings is 1. The van der Waals surface area contributed by atoms with Crippen molar-refractivity contribution >= 4 is 45.6 Å². The van der Waals surface area contributed by atoms with Crippen LogP contribution in [0.25, 0.3) is 10.8 Å². The zero-order chi connectivity index (χ0) is 20.7. The third kappa shape index (κ3) is 3.34. The quantitative estimate of drug-likeness (QED) is 0.603. The molecule has 2 fully saturated rings. The lowest BCUT2D eigenvalue weighted by atomic mass is 10.1. The average Bonchev–Trinajstić information content (AvgIpc) is 3.08. The van der Waals surface area contributed by atoms with Crippen LogP contribution in [0.5, 0.6) is 0 Å². The monoisotopic (exact) mass is 419 g/mol. The lowest BCUT2D eigenvalue weighted by molar-refractivity contribution is -0.123. The van der Waals surface area contributed by atoms with Crippen molar-refractivity contribution in [1.82, 2.24) is 4.90 Å². The van der Waals surface area contributed by atoms with Gasteiger partial charge < -0.3 is 4.90 Å². The van der Waals surface area contributed by atoms with Gasteiger partial charge in [-0.05, 0) is 35.7 Å². The van der Waals surface area contributed by atoms with Gasteiger partial charge in [-0.1, -0.05) is 48.0 Å². The smallest absolute Gasteiger partial charge is 0.251 e. The van der Waals surface area contributed by atoms with Gasteiger partial charge in [0.25, 0.3) is 5.91 Å². The highest BCUT2D eigenvalue weighted by Crippen LogP contribution is 2.32. The summed E-state index contributed by atoms with van der Waals surface area (Å²) in [6.07, 6.45) is 0.239. The first-order chi connectivity index (χ1) is 14.6. The number of carbonyl (C=O) groups is 2. The van der Waals surface area contributed by atoms with Gasteiger partial charge in [-0.25, -0.2) is 4.90 Å². The van der Waals surface area contributed by atoms with Crippen molar-refractivity contribution in [1.29, 1.82) is 0 Å². The molecule has 2 aliphatic heterocycles. The van der Waals surface area contributed by atoms with Crippen LogP contribution in [-0.4, -0.2) is 48.9 Å². The van der Waals surface area contributed by atoms with Gasteiger partial charge in [0.2, 0.25) is 5.91 Å². The van der Waals surface area contributed by atoms with E-state index in [4.69, 9.17) is 11.6 Å². The van der Waals surface area contributed by atoms with E-state index in [1.165, 1.54) is 4.90 Å². The summed E-state index contributed by atoms with van der Waals surface area (Å²) in [6.45, 7) is 3.12. The van der Waals surface area contributed by atoms with E-state index in [2.05, 4.69) is 9.80 Å². The van der Waals surface area contributed by atoms with Gasteiger partial charge in [-0.15, -0.1) is 0 Å². The Bertz CT molecular complexity index is 1100. The lowest BCUT2D eigenvalue weighted by Gasteiger charge is -2.38. The molecule has 0 radical (unpaired) electrons. The molecular weight excluding hydrogens is 398 g/mol. The van der Waals surface area contributed by atoms with Crippen molar-refractivity contribution in [3.8, 4) is 0 Å². The number of rotatable bonds is 3. The topological polar surface area (TPSA) is 43.9 Å². The van der Waals surface area contributed by atoms with E-state index in [1.807, 2.05) is 66.7 Å². The molecule has 0 aliphatic carbocycles. The fourth-order valence-electron chi connectivity index (χ4n) is 4.50. The van der Waals surface area contributed by atoms with Crippen molar-refractivity contribution < 1.29 is 9.59 Å². The van der Waals surface area contributed by atoms with Crippen molar-refractivity contribution in [2.45, 2.75) is 12.5 Å². The highest BCUT2D eigenvalue weighted by Gasteiger charge is 2.43. The van der Waals surface area contributed by atoms with Gasteiger partial charge in [0.1, 0.15) is 0 Å². The molecule has 1 atom stereocenters. The molecule has 2 amide bonds. The van der Waals surface area contributed by atoms with E-state index < -0.39 is 0 Å². The number of hydrogen-bond acceptors (Lipinski definition) is 4. The third-order valence-corrected chi connectivity index (χ3v) is 6.33. The maximum atomic E-state index is 13.3. The van der Waals surface area contributed by atoms with Gasteiger partial charge in [-0.2, -0.15) is 0 Å². The predicted molar refractivity (Wildman–Crippen MR) is 120 cm³/mol. The second kappa shape index (κ2) is 7.74. The molecule has 0 bridgehead atoms. The van der Waals surface area contributed by atoms with E-state index in [-0.39, 0.29) is 24.3 Å². The summed E-state index contributed by atoms with van der Waals surface area (Å²) in [4.78, 5) is 32.0. The Morgan fingerprint density at radius 1 is 0.800 bits per heavy atom. The van der Waals surface area contributed by atoms with Crippen LogP contribution in [0.15, 0.2) is 66.7 Å². The van der Waals surface area contributed by atoms with Crippen molar-refractivity contribution in [2.24, 2.45) is 0 Å². The number of anilines is 2. The zero-order valence-electron chi connectivity index (χ0n) is 16.5. The van der Waals surface area contributed by atoms with Crippen molar-refractivity contribution in [3.63, 3.8) is 0 Å². The number of amides is 2. The lowest BCUT2D eigenvalue weighted by Crippen LogP contribution is -2.52. The molecule has 2 saturated heterocycles. The van der Waals surface area contributed by atoms with Gasteiger partial charge in [0, 0.05) is 42.3 Å². The van der Waals surface area contributed by atoms with Crippen LogP contribution in [0, 0.1) is 0 Å². The molecule has 0 unspecified atom stereocenters. The Balaban J connectivity index is 1.33. The van der Waals surface area contributed by atoms with Crippen LogP contribution in [0.3, 0.4) is 0 Å². The first-order valence-electron chi connectivity index (χ1n) is 10.2. The molecule has 0 spiro atoms. The fourth-order valence-corrected chi connectivity index (χ4v) is 4.63. The molecule has 6 heteroatoms. The first kappa shape index (κ1) is 19.1. The Labute approximate surface area is 180 Å². The van der Waals surface area contributed by atoms with Crippen LogP contribution in [0.4, 0.5) is 11.4 Å². The number of imide groups is 1. The molecule has 5 nitrogen and oxygen atoms in total. The van der Waals surface area contributed by atoms with Crippen LogP contribution in [0.1, 0.15) is 6.42 Å². The van der Waals surface area contributed by atoms with Gasteiger partial charge in [-0.3, -0.25) is 14.5 Å². The second-order valence-electron chi connectivity index (χ2n) is 7.79. The van der Waals surface area contributed by atoms with Gasteiger partial charge in [0.05, 0.1) is 18.2 Å². The summed E-state index contributed by atoms with van der Waals surface area (Å²) in [7, 11) is 0. The second-order valence-corrected chi connectivity index (χ2v) is 8.22. The molecule has 0 N–H and O–H groups in total. The number of halogens is 1. The number of hydrogen-bond donors (Lipinski definition) is 0. The van der Waals surface area contributed by atoms with E-state index in [0.717, 1.165) is 47.7 Å². The highest BCUT2D eigenvalue weighted by molar-refractivity contribution is 6.30. The number of nitrogens with zero attached hydrogens (tertiary/aromatic N) is 3. The molecule has 2 aliphatic rings. The summed E-state index contributed by atoms with van der Waals surface area (Å²) in [6, 6.07) is 21.0. The number of fused-ring (bicyclic) bond motifs is 1. The largest absolute Gasteiger partial charge is 0.369 e. The Hall–Kier alpha value is -2.89. The Kier molecular flexibility index (Phi) is 4.93. The van der Waals surface area contributed by atoms with E-state index in [9.17, 15) is 9.59 Å². The molecule has 2 heterocycles. The summed E-state index contributed by atoms with van der Waals surface area (Å²) in [5.41, 5.74) is 1.82. The maximum absolute atomic E-state index is 13.3. The van der Waals surface area contributed by atoms with Crippen LogP contribution >= 0.6 is 11.6 Å². The summed E-state index contributed by atoms with van der Waals surface area (Å²) >= 11 is 5.99. The summed E-state index contributed by atoms with van der Waals surface area (Å²) in [5.74, 6) is -0.238. The zero-order valence-corrected chi connectivity index (χ0v) is 17.3. The number of carbonyl (C=O) groups excluding carboxylic acids is 2. The highest BCUT2D eigenvalue weighted by atomic mass is 35.5. The van der Waals surface area contributed by atoms with Crippen LogP contribution < -0.4 is 9.80 Å². The van der Waals surface area contributed by atoms with Crippen molar-refractivity contribution in [2.75, 3.05) is 36.0 Å². The van der Waals surface area contributed by atoms with E-state index >= 15 is 0 Å². The van der Waals surface area contributed by atoms with Crippen LogP contribution in [0.2, 0.25) is 5.02 Å². The number of benzene rings is 3. The fraction of sp³-hybridized carbons (Fsp3) is 0.250. The molecule has 3 aromatic carbocycles. The minimum atomic E-state index is -0.385. The molecule has 0 aromatic heterocycles. The minimum absolute atomic E-state index is 0.115. The van der Waals surface area contributed by atoms with Crippen LogP contribution in [-0.2, 0) is 9.59 Å².